The monoisotopic (exact) mass is 338 g/mol. The van der Waals surface area contributed by atoms with Crippen LogP contribution in [0, 0.1) is 0 Å². The van der Waals surface area contributed by atoms with E-state index < -0.39 is 0 Å². The van der Waals surface area contributed by atoms with E-state index in [0.29, 0.717) is 5.56 Å². The maximum absolute atomic E-state index is 12.6. The maximum atomic E-state index is 12.6. The maximum Gasteiger partial charge on any atom is 0.258 e. The fraction of sp³-hybridized carbons (Fsp3) is 0.263. The van der Waals surface area contributed by atoms with Gasteiger partial charge in [0.1, 0.15) is 5.75 Å². The molecule has 3 rings (SSSR count). The molecular weight excluding hydrogens is 316 g/mol. The molecule has 0 aliphatic heterocycles. The smallest absolute Gasteiger partial charge is 0.258 e. The highest BCUT2D eigenvalue weighted by molar-refractivity contribution is 6.09. The molecule has 0 unspecified atom stereocenters. The van der Waals surface area contributed by atoms with Gasteiger partial charge < -0.3 is 15.0 Å². The molecule has 0 atom stereocenters. The van der Waals surface area contributed by atoms with Crippen molar-refractivity contribution in [3.05, 3.63) is 54.4 Å². The standard InChI is InChI=1S/C19H22N4O2/c1-22(2)10-11-23-13-14(12-20-23)19(24)21-17-8-9-18(25-3)16-7-5-4-6-15(16)17/h4-9,12-13H,10-11H2,1-3H3,(H,21,24). The van der Waals surface area contributed by atoms with E-state index in [-0.39, 0.29) is 5.91 Å². The second-order valence-electron chi connectivity index (χ2n) is 6.11. The van der Waals surface area contributed by atoms with Gasteiger partial charge in [0.25, 0.3) is 5.91 Å². The molecule has 0 aliphatic carbocycles. The first kappa shape index (κ1) is 17.0. The fourth-order valence-corrected chi connectivity index (χ4v) is 2.66. The zero-order valence-electron chi connectivity index (χ0n) is 14.7. The van der Waals surface area contributed by atoms with Gasteiger partial charge >= 0.3 is 0 Å². The molecular formula is C19H22N4O2. The third-order valence-corrected chi connectivity index (χ3v) is 4.02. The number of hydrogen-bond acceptors (Lipinski definition) is 4. The van der Waals surface area contributed by atoms with E-state index in [2.05, 4.69) is 15.3 Å². The average Bonchev–Trinajstić information content (AvgIpc) is 3.09. The highest BCUT2D eigenvalue weighted by Crippen LogP contribution is 2.31. The molecule has 0 aliphatic rings. The molecule has 2 aromatic carbocycles. The number of methoxy groups -OCH3 is 1. The van der Waals surface area contributed by atoms with Crippen LogP contribution in [0.4, 0.5) is 5.69 Å². The number of anilines is 1. The van der Waals surface area contributed by atoms with Crippen LogP contribution in [0.15, 0.2) is 48.8 Å². The van der Waals surface area contributed by atoms with Crippen LogP contribution in [-0.4, -0.2) is 48.3 Å². The Labute approximate surface area is 147 Å². The Morgan fingerprint density at radius 3 is 2.68 bits per heavy atom. The molecule has 6 nitrogen and oxygen atoms in total. The number of carbonyl (C=O) groups excluding carboxylic acids is 1. The first-order valence-corrected chi connectivity index (χ1v) is 8.13. The minimum atomic E-state index is -0.175. The van der Waals surface area contributed by atoms with E-state index in [1.807, 2.05) is 50.5 Å². The van der Waals surface area contributed by atoms with Crippen LogP contribution in [0.2, 0.25) is 0 Å². The number of benzene rings is 2. The van der Waals surface area contributed by atoms with Crippen molar-refractivity contribution in [3.63, 3.8) is 0 Å². The molecule has 0 saturated heterocycles. The van der Waals surface area contributed by atoms with Gasteiger partial charge in [-0.05, 0) is 26.2 Å². The second-order valence-corrected chi connectivity index (χ2v) is 6.11. The number of carbonyl (C=O) groups is 1. The highest BCUT2D eigenvalue weighted by Gasteiger charge is 2.12. The van der Waals surface area contributed by atoms with E-state index in [1.165, 1.54) is 0 Å². The normalized spacial score (nSPS) is 11.0. The Bertz CT molecular complexity index is 886. The summed E-state index contributed by atoms with van der Waals surface area (Å²) >= 11 is 0. The van der Waals surface area contributed by atoms with Gasteiger partial charge in [-0.1, -0.05) is 24.3 Å². The van der Waals surface area contributed by atoms with E-state index in [9.17, 15) is 4.79 Å². The quantitative estimate of drug-likeness (QED) is 0.751. The average molecular weight is 338 g/mol. The summed E-state index contributed by atoms with van der Waals surface area (Å²) in [5.74, 6) is 0.608. The van der Waals surface area contributed by atoms with Crippen molar-refractivity contribution in [2.24, 2.45) is 0 Å². The zero-order chi connectivity index (χ0) is 17.8. The Balaban J connectivity index is 1.81. The highest BCUT2D eigenvalue weighted by atomic mass is 16.5. The fourth-order valence-electron chi connectivity index (χ4n) is 2.66. The van der Waals surface area contributed by atoms with Gasteiger partial charge in [0.15, 0.2) is 0 Å². The summed E-state index contributed by atoms with van der Waals surface area (Å²) in [4.78, 5) is 14.6. The number of rotatable bonds is 6. The Hall–Kier alpha value is -2.86. The largest absolute Gasteiger partial charge is 0.496 e. The van der Waals surface area contributed by atoms with Gasteiger partial charge in [-0.2, -0.15) is 5.10 Å². The molecule has 1 N–H and O–H groups in total. The Morgan fingerprint density at radius 2 is 1.96 bits per heavy atom. The van der Waals surface area contributed by atoms with Crippen LogP contribution >= 0.6 is 0 Å². The Morgan fingerprint density at radius 1 is 1.20 bits per heavy atom. The minimum absolute atomic E-state index is 0.175. The lowest BCUT2D eigenvalue weighted by Gasteiger charge is -2.11. The van der Waals surface area contributed by atoms with Gasteiger partial charge in [-0.25, -0.2) is 0 Å². The van der Waals surface area contributed by atoms with Gasteiger partial charge in [-0.15, -0.1) is 0 Å². The molecule has 3 aromatic rings. The molecule has 130 valence electrons. The molecule has 0 fully saturated rings. The van der Waals surface area contributed by atoms with E-state index in [0.717, 1.165) is 35.3 Å². The van der Waals surface area contributed by atoms with Crippen molar-refractivity contribution in [2.75, 3.05) is 33.1 Å². The summed E-state index contributed by atoms with van der Waals surface area (Å²) in [6, 6.07) is 11.5. The number of ether oxygens (including phenoxy) is 1. The molecule has 0 spiro atoms. The summed E-state index contributed by atoms with van der Waals surface area (Å²) in [5, 5.41) is 9.12. The van der Waals surface area contributed by atoms with Gasteiger partial charge in [-0.3, -0.25) is 9.48 Å². The van der Waals surface area contributed by atoms with Crippen LogP contribution in [-0.2, 0) is 6.54 Å². The number of hydrogen-bond donors (Lipinski definition) is 1. The lowest BCUT2D eigenvalue weighted by Crippen LogP contribution is -2.18. The molecule has 6 heteroatoms. The van der Waals surface area contributed by atoms with Crippen molar-refractivity contribution < 1.29 is 9.53 Å². The molecule has 1 aromatic heterocycles. The molecule has 0 radical (unpaired) electrons. The summed E-state index contributed by atoms with van der Waals surface area (Å²) in [6.45, 7) is 1.61. The van der Waals surface area contributed by atoms with Crippen molar-refractivity contribution in [1.29, 1.82) is 0 Å². The van der Waals surface area contributed by atoms with Crippen molar-refractivity contribution in [2.45, 2.75) is 6.54 Å². The molecule has 0 bridgehead atoms. The molecule has 1 amide bonds. The van der Waals surface area contributed by atoms with Crippen LogP contribution in [0.5, 0.6) is 5.75 Å². The first-order valence-electron chi connectivity index (χ1n) is 8.13. The number of amides is 1. The second kappa shape index (κ2) is 7.36. The summed E-state index contributed by atoms with van der Waals surface area (Å²) in [7, 11) is 5.65. The third-order valence-electron chi connectivity index (χ3n) is 4.02. The van der Waals surface area contributed by atoms with Crippen LogP contribution < -0.4 is 10.1 Å². The van der Waals surface area contributed by atoms with Crippen molar-refractivity contribution in [1.82, 2.24) is 14.7 Å². The van der Waals surface area contributed by atoms with Gasteiger partial charge in [0, 0.05) is 29.2 Å². The minimum Gasteiger partial charge on any atom is -0.496 e. The van der Waals surface area contributed by atoms with Gasteiger partial charge in [0.05, 0.1) is 25.4 Å². The topological polar surface area (TPSA) is 59.4 Å². The molecule has 0 saturated carbocycles. The number of aromatic nitrogens is 2. The lowest BCUT2D eigenvalue weighted by molar-refractivity contribution is 0.102. The number of likely N-dealkylation sites (N-methyl/N-ethyl adjacent to an activating group) is 1. The van der Waals surface area contributed by atoms with Crippen LogP contribution in [0.1, 0.15) is 10.4 Å². The molecule has 1 heterocycles. The third kappa shape index (κ3) is 3.80. The van der Waals surface area contributed by atoms with Crippen molar-refractivity contribution >= 4 is 22.4 Å². The lowest BCUT2D eigenvalue weighted by atomic mass is 10.1. The Kier molecular flexibility index (Phi) is 5.00. The van der Waals surface area contributed by atoms with E-state index >= 15 is 0 Å². The van der Waals surface area contributed by atoms with Crippen molar-refractivity contribution in [3.8, 4) is 5.75 Å². The predicted molar refractivity (Wildman–Crippen MR) is 99.2 cm³/mol. The number of nitrogens with one attached hydrogen (secondary N) is 1. The zero-order valence-corrected chi connectivity index (χ0v) is 14.7. The summed E-state index contributed by atoms with van der Waals surface area (Å²) in [6.07, 6.45) is 3.36. The number of nitrogens with zero attached hydrogens (tertiary/aromatic N) is 3. The predicted octanol–water partition coefficient (Wildman–Crippen LogP) is 2.86. The van der Waals surface area contributed by atoms with Crippen LogP contribution in [0.25, 0.3) is 10.8 Å². The summed E-state index contributed by atoms with van der Waals surface area (Å²) < 4.78 is 7.17. The SMILES string of the molecule is COc1ccc(NC(=O)c2cnn(CCN(C)C)c2)c2ccccc12. The van der Waals surface area contributed by atoms with Crippen LogP contribution in [0.3, 0.4) is 0 Å². The first-order chi connectivity index (χ1) is 12.1. The number of fused-ring (bicyclic) bond motifs is 1. The molecule has 25 heavy (non-hydrogen) atoms. The summed E-state index contributed by atoms with van der Waals surface area (Å²) in [5.41, 5.74) is 1.29. The van der Waals surface area contributed by atoms with E-state index in [1.54, 1.807) is 24.2 Å². The van der Waals surface area contributed by atoms with Gasteiger partial charge in [0.2, 0.25) is 0 Å². The van der Waals surface area contributed by atoms with E-state index in [4.69, 9.17) is 4.74 Å².